The number of ether oxygens (including phenoxy) is 1. The van der Waals surface area contributed by atoms with Crippen molar-refractivity contribution in [2.24, 2.45) is 22.5 Å². The summed E-state index contributed by atoms with van der Waals surface area (Å²) in [5, 5.41) is 0. The van der Waals surface area contributed by atoms with Gasteiger partial charge in [0.05, 0.1) is 12.2 Å². The number of hydrogen-bond acceptors (Lipinski definition) is 2. The molecule has 0 aromatic heterocycles. The van der Waals surface area contributed by atoms with Gasteiger partial charge >= 0.3 is 0 Å². The van der Waals surface area contributed by atoms with Crippen LogP contribution in [-0.2, 0) is 4.74 Å². The van der Waals surface area contributed by atoms with Gasteiger partial charge in [0.15, 0.2) is 0 Å². The van der Waals surface area contributed by atoms with Gasteiger partial charge in [-0.1, -0.05) is 48.5 Å². The van der Waals surface area contributed by atoms with Gasteiger partial charge in [-0.15, -0.1) is 0 Å². The van der Waals surface area contributed by atoms with Crippen molar-refractivity contribution in [2.45, 2.75) is 92.4 Å². The van der Waals surface area contributed by atoms with Crippen LogP contribution in [0.2, 0.25) is 0 Å². The van der Waals surface area contributed by atoms with Gasteiger partial charge in [-0.05, 0) is 42.4 Å². The molecule has 1 aliphatic carbocycles. The summed E-state index contributed by atoms with van der Waals surface area (Å²) in [6, 6.07) is 0.139. The highest BCUT2D eigenvalue weighted by molar-refractivity contribution is 4.88. The van der Waals surface area contributed by atoms with Crippen molar-refractivity contribution in [1.82, 2.24) is 0 Å². The van der Waals surface area contributed by atoms with E-state index in [4.69, 9.17) is 10.5 Å². The number of rotatable bonds is 4. The molecule has 0 aromatic rings. The van der Waals surface area contributed by atoms with E-state index in [1.807, 2.05) is 0 Å². The summed E-state index contributed by atoms with van der Waals surface area (Å²) in [6.07, 6.45) is 5.18. The molecule has 1 aliphatic rings. The summed E-state index contributed by atoms with van der Waals surface area (Å²) in [5.41, 5.74) is 6.81. The molecule has 0 amide bonds. The van der Waals surface area contributed by atoms with E-state index in [0.717, 1.165) is 12.3 Å². The SMILES string of the molecule is CCC(N)C(OC1CC(C)CC(C)(C)C1)C(C)(C)C. The van der Waals surface area contributed by atoms with Crippen LogP contribution in [0.1, 0.15) is 74.1 Å². The predicted molar refractivity (Wildman–Crippen MR) is 83.2 cm³/mol. The Balaban J connectivity index is 2.74. The smallest absolute Gasteiger partial charge is 0.0777 e. The molecule has 0 aromatic carbocycles. The van der Waals surface area contributed by atoms with E-state index in [-0.39, 0.29) is 17.6 Å². The minimum atomic E-state index is 0.111. The van der Waals surface area contributed by atoms with E-state index in [9.17, 15) is 0 Å². The summed E-state index contributed by atoms with van der Waals surface area (Å²) < 4.78 is 6.49. The fourth-order valence-electron chi connectivity index (χ4n) is 3.73. The maximum absolute atomic E-state index is 6.49. The molecular formula is C17H35NO. The Morgan fingerprint density at radius 3 is 2.26 bits per heavy atom. The highest BCUT2D eigenvalue weighted by Gasteiger charge is 2.37. The molecule has 0 radical (unpaired) electrons. The Labute approximate surface area is 120 Å². The molecule has 0 aliphatic heterocycles. The van der Waals surface area contributed by atoms with Gasteiger partial charge < -0.3 is 10.5 Å². The van der Waals surface area contributed by atoms with Crippen LogP contribution in [0.4, 0.5) is 0 Å². The Bertz CT molecular complexity index is 279. The molecule has 0 spiro atoms. The molecule has 2 heteroatoms. The Morgan fingerprint density at radius 1 is 1.26 bits per heavy atom. The molecule has 4 unspecified atom stereocenters. The van der Waals surface area contributed by atoms with Crippen molar-refractivity contribution >= 4 is 0 Å². The van der Waals surface area contributed by atoms with Gasteiger partial charge in [0.25, 0.3) is 0 Å². The van der Waals surface area contributed by atoms with Crippen molar-refractivity contribution in [1.29, 1.82) is 0 Å². The second-order valence-corrected chi connectivity index (χ2v) is 8.53. The largest absolute Gasteiger partial charge is 0.373 e. The minimum Gasteiger partial charge on any atom is -0.373 e. The van der Waals surface area contributed by atoms with Crippen LogP contribution >= 0.6 is 0 Å². The Morgan fingerprint density at radius 2 is 1.84 bits per heavy atom. The van der Waals surface area contributed by atoms with Crippen molar-refractivity contribution in [3.8, 4) is 0 Å². The fourth-order valence-corrected chi connectivity index (χ4v) is 3.73. The molecule has 2 N–H and O–H groups in total. The van der Waals surface area contributed by atoms with Crippen molar-refractivity contribution in [2.75, 3.05) is 0 Å². The second kappa shape index (κ2) is 6.13. The van der Waals surface area contributed by atoms with E-state index in [0.29, 0.717) is 11.5 Å². The zero-order valence-electron chi connectivity index (χ0n) is 14.1. The molecule has 0 heterocycles. The average molecular weight is 269 g/mol. The summed E-state index contributed by atoms with van der Waals surface area (Å²) in [4.78, 5) is 0. The van der Waals surface area contributed by atoms with E-state index >= 15 is 0 Å². The first-order valence-electron chi connectivity index (χ1n) is 7.96. The van der Waals surface area contributed by atoms with E-state index < -0.39 is 0 Å². The maximum atomic E-state index is 6.49. The first kappa shape index (κ1) is 17.0. The molecule has 1 saturated carbocycles. The van der Waals surface area contributed by atoms with Crippen molar-refractivity contribution in [3.05, 3.63) is 0 Å². The van der Waals surface area contributed by atoms with Crippen LogP contribution in [-0.4, -0.2) is 18.2 Å². The lowest BCUT2D eigenvalue weighted by molar-refractivity contribution is -0.112. The van der Waals surface area contributed by atoms with Crippen LogP contribution in [0.5, 0.6) is 0 Å². The van der Waals surface area contributed by atoms with Gasteiger partial charge in [0.1, 0.15) is 0 Å². The molecule has 19 heavy (non-hydrogen) atoms. The third kappa shape index (κ3) is 5.07. The number of hydrogen-bond donors (Lipinski definition) is 1. The van der Waals surface area contributed by atoms with Crippen molar-refractivity contribution in [3.63, 3.8) is 0 Å². The van der Waals surface area contributed by atoms with Gasteiger partial charge in [-0.3, -0.25) is 0 Å². The minimum absolute atomic E-state index is 0.111. The van der Waals surface area contributed by atoms with Crippen LogP contribution in [0.15, 0.2) is 0 Å². The fraction of sp³-hybridized carbons (Fsp3) is 1.00. The first-order chi connectivity index (χ1) is 8.55. The highest BCUT2D eigenvalue weighted by atomic mass is 16.5. The van der Waals surface area contributed by atoms with Crippen LogP contribution < -0.4 is 5.73 Å². The van der Waals surface area contributed by atoms with Crippen LogP contribution in [0, 0.1) is 16.7 Å². The molecular weight excluding hydrogens is 234 g/mol. The highest BCUT2D eigenvalue weighted by Crippen LogP contribution is 2.41. The van der Waals surface area contributed by atoms with Crippen molar-refractivity contribution < 1.29 is 4.74 Å². The maximum Gasteiger partial charge on any atom is 0.0777 e. The third-order valence-electron chi connectivity index (χ3n) is 4.40. The lowest BCUT2D eigenvalue weighted by Gasteiger charge is -2.43. The number of nitrogens with two attached hydrogens (primary N) is 1. The lowest BCUT2D eigenvalue weighted by Crippen LogP contribution is -2.48. The standard InChI is InChI=1S/C17H35NO/c1-8-14(18)15(16(3,4)5)19-13-9-12(2)10-17(6,7)11-13/h12-15H,8-11,18H2,1-7H3. The van der Waals surface area contributed by atoms with E-state index in [1.165, 1.54) is 19.3 Å². The molecule has 114 valence electrons. The molecule has 1 rings (SSSR count). The zero-order valence-corrected chi connectivity index (χ0v) is 14.1. The molecule has 2 nitrogen and oxygen atoms in total. The second-order valence-electron chi connectivity index (χ2n) is 8.53. The summed E-state index contributed by atoms with van der Waals surface area (Å²) in [5.74, 6) is 0.757. The first-order valence-corrected chi connectivity index (χ1v) is 7.96. The molecule has 4 atom stereocenters. The molecule has 1 fully saturated rings. The predicted octanol–water partition coefficient (Wildman–Crippen LogP) is 4.37. The van der Waals surface area contributed by atoms with Crippen LogP contribution in [0.25, 0.3) is 0 Å². The Hall–Kier alpha value is -0.0800. The molecule has 0 saturated heterocycles. The van der Waals surface area contributed by atoms with Gasteiger partial charge in [-0.2, -0.15) is 0 Å². The van der Waals surface area contributed by atoms with Gasteiger partial charge in [-0.25, -0.2) is 0 Å². The molecule has 0 bridgehead atoms. The lowest BCUT2D eigenvalue weighted by atomic mass is 9.71. The van der Waals surface area contributed by atoms with E-state index in [1.54, 1.807) is 0 Å². The monoisotopic (exact) mass is 269 g/mol. The topological polar surface area (TPSA) is 35.2 Å². The van der Waals surface area contributed by atoms with Crippen LogP contribution in [0.3, 0.4) is 0 Å². The summed E-state index contributed by atoms with van der Waals surface area (Å²) in [6.45, 7) is 16.0. The Kier molecular flexibility index (Phi) is 5.48. The third-order valence-corrected chi connectivity index (χ3v) is 4.40. The van der Waals surface area contributed by atoms with Gasteiger partial charge in [0.2, 0.25) is 0 Å². The normalized spacial score (nSPS) is 30.9. The summed E-state index contributed by atoms with van der Waals surface area (Å²) >= 11 is 0. The zero-order chi connectivity index (χ0) is 14.8. The van der Waals surface area contributed by atoms with E-state index in [2.05, 4.69) is 48.5 Å². The average Bonchev–Trinajstić information content (AvgIpc) is 2.20. The summed E-state index contributed by atoms with van der Waals surface area (Å²) in [7, 11) is 0. The van der Waals surface area contributed by atoms with Gasteiger partial charge in [0, 0.05) is 6.04 Å². The quantitative estimate of drug-likeness (QED) is 0.822.